The van der Waals surface area contributed by atoms with Gasteiger partial charge in [0.1, 0.15) is 5.60 Å². The van der Waals surface area contributed by atoms with Gasteiger partial charge in [-0.1, -0.05) is 52.0 Å². The molecular formula is C29H45NO5Si. The summed E-state index contributed by atoms with van der Waals surface area (Å²) >= 11 is 0. The van der Waals surface area contributed by atoms with Gasteiger partial charge >= 0.3 is 12.1 Å². The summed E-state index contributed by atoms with van der Waals surface area (Å²) < 4.78 is 19.0. The normalized spacial score (nSPS) is 12.9. The van der Waals surface area contributed by atoms with Gasteiger partial charge in [-0.15, -0.1) is 0 Å². The molecule has 2 aromatic rings. The Labute approximate surface area is 218 Å². The van der Waals surface area contributed by atoms with E-state index in [-0.39, 0.29) is 17.4 Å². The predicted molar refractivity (Wildman–Crippen MR) is 150 cm³/mol. The van der Waals surface area contributed by atoms with E-state index in [1.807, 2.05) is 64.1 Å². The van der Waals surface area contributed by atoms with Crippen LogP contribution < -0.4 is 0 Å². The molecule has 0 unspecified atom stereocenters. The first kappa shape index (κ1) is 29.8. The lowest BCUT2D eigenvalue weighted by Gasteiger charge is -2.36. The van der Waals surface area contributed by atoms with E-state index in [9.17, 15) is 9.59 Å². The van der Waals surface area contributed by atoms with E-state index < -0.39 is 20.0 Å². The highest BCUT2D eigenvalue weighted by atomic mass is 28.4. The molecule has 0 atom stereocenters. The summed E-state index contributed by atoms with van der Waals surface area (Å²) in [7, 11) is -1.78. The van der Waals surface area contributed by atoms with Crippen LogP contribution in [0.15, 0.2) is 30.3 Å². The second-order valence-electron chi connectivity index (χ2n) is 11.7. The molecule has 1 heterocycles. The summed E-state index contributed by atoms with van der Waals surface area (Å²) in [6.07, 6.45) is 6.03. The largest absolute Gasteiger partial charge is 0.465 e. The molecule has 36 heavy (non-hydrogen) atoms. The van der Waals surface area contributed by atoms with E-state index >= 15 is 0 Å². The molecule has 6 nitrogen and oxygen atoms in total. The van der Waals surface area contributed by atoms with Crippen LogP contribution in [0.3, 0.4) is 0 Å². The van der Waals surface area contributed by atoms with Gasteiger partial charge in [0, 0.05) is 12.0 Å². The smallest absolute Gasteiger partial charge is 0.419 e. The molecule has 0 saturated carbocycles. The van der Waals surface area contributed by atoms with Crippen LogP contribution >= 0.6 is 0 Å². The number of aromatic nitrogens is 1. The van der Waals surface area contributed by atoms with Gasteiger partial charge < -0.3 is 13.9 Å². The number of benzene rings is 1. The monoisotopic (exact) mass is 515 g/mol. The third-order valence-corrected chi connectivity index (χ3v) is 11.0. The zero-order valence-corrected chi connectivity index (χ0v) is 24.7. The lowest BCUT2D eigenvalue weighted by atomic mass is 10.1. The molecule has 0 radical (unpaired) electrons. The molecule has 200 valence electrons. The second-order valence-corrected chi connectivity index (χ2v) is 16.6. The second kappa shape index (κ2) is 12.2. The summed E-state index contributed by atoms with van der Waals surface area (Å²) in [5, 5.41) is 1.02. The molecule has 0 spiro atoms. The minimum atomic E-state index is -1.78. The Kier molecular flexibility index (Phi) is 10.1. The number of rotatable bonds is 10. The van der Waals surface area contributed by atoms with Gasteiger partial charge in [-0.05, 0) is 75.9 Å². The van der Waals surface area contributed by atoms with Crippen LogP contribution in [-0.4, -0.2) is 43.8 Å². The van der Waals surface area contributed by atoms with E-state index in [0.717, 1.165) is 30.2 Å². The molecule has 0 aliphatic heterocycles. The Morgan fingerprint density at radius 3 is 2.31 bits per heavy atom. The minimum absolute atomic E-state index is 0.0878. The van der Waals surface area contributed by atoms with Crippen LogP contribution in [0.5, 0.6) is 0 Å². The summed E-state index contributed by atoms with van der Waals surface area (Å²) in [6, 6.07) is 7.61. The van der Waals surface area contributed by atoms with Crippen molar-refractivity contribution >= 4 is 37.4 Å². The zero-order chi connectivity index (χ0) is 27.1. The van der Waals surface area contributed by atoms with Crippen molar-refractivity contribution in [2.45, 2.75) is 97.9 Å². The maximum Gasteiger partial charge on any atom is 0.419 e. The van der Waals surface area contributed by atoms with Gasteiger partial charge in [0.2, 0.25) is 0 Å². The average Bonchev–Trinajstić information content (AvgIpc) is 3.06. The fraction of sp³-hybridized carbons (Fsp3) is 0.586. The van der Waals surface area contributed by atoms with Crippen molar-refractivity contribution in [1.82, 2.24) is 4.57 Å². The Balaban J connectivity index is 2.36. The number of carbonyl (C=O) groups excluding carboxylic acids is 2. The Morgan fingerprint density at radius 1 is 1.03 bits per heavy atom. The topological polar surface area (TPSA) is 66.8 Å². The molecule has 7 heteroatoms. The molecule has 0 aliphatic carbocycles. The predicted octanol–water partition coefficient (Wildman–Crippen LogP) is 7.74. The van der Waals surface area contributed by atoms with Gasteiger partial charge in [0.15, 0.2) is 8.32 Å². The number of unbranched alkanes of at least 4 members (excludes halogenated alkanes) is 1. The molecule has 0 bridgehead atoms. The molecule has 0 fully saturated rings. The van der Waals surface area contributed by atoms with E-state index in [4.69, 9.17) is 13.9 Å². The van der Waals surface area contributed by atoms with Crippen molar-refractivity contribution in [3.05, 3.63) is 41.6 Å². The Morgan fingerprint density at radius 2 is 1.69 bits per heavy atom. The van der Waals surface area contributed by atoms with Crippen LogP contribution in [0.4, 0.5) is 4.79 Å². The van der Waals surface area contributed by atoms with Gasteiger partial charge in [0.05, 0.1) is 24.2 Å². The van der Waals surface area contributed by atoms with Crippen molar-refractivity contribution in [2.24, 2.45) is 0 Å². The molecule has 2 rings (SSSR count). The van der Waals surface area contributed by atoms with Crippen LogP contribution in [0.2, 0.25) is 18.1 Å². The van der Waals surface area contributed by atoms with Crippen molar-refractivity contribution in [1.29, 1.82) is 0 Å². The fourth-order valence-corrected chi connectivity index (χ4v) is 4.63. The summed E-state index contributed by atoms with van der Waals surface area (Å²) in [5.74, 6) is -0.304. The van der Waals surface area contributed by atoms with Crippen molar-refractivity contribution in [3.8, 4) is 0 Å². The highest BCUT2D eigenvalue weighted by Crippen LogP contribution is 2.36. The summed E-state index contributed by atoms with van der Waals surface area (Å²) in [4.78, 5) is 25.9. The van der Waals surface area contributed by atoms with Gasteiger partial charge in [-0.3, -0.25) is 4.79 Å². The summed E-state index contributed by atoms with van der Waals surface area (Å²) in [5.41, 5.74) is 1.49. The SMILES string of the molecule is CCCOC(=O)Cc1c(/C=C\CCCO[Si](C)(C)C(C)(C)C)n(C(=O)OC(C)(C)C)c2ccccc12. The van der Waals surface area contributed by atoms with Crippen LogP contribution in [-0.2, 0) is 25.1 Å². The fourth-order valence-electron chi connectivity index (χ4n) is 3.54. The lowest BCUT2D eigenvalue weighted by Crippen LogP contribution is -2.40. The van der Waals surface area contributed by atoms with Crippen molar-refractivity contribution in [2.75, 3.05) is 13.2 Å². The number of para-hydroxylation sites is 1. The van der Waals surface area contributed by atoms with Crippen molar-refractivity contribution < 1.29 is 23.5 Å². The summed E-state index contributed by atoms with van der Waals surface area (Å²) in [6.45, 7) is 19.8. The average molecular weight is 516 g/mol. The number of hydrogen-bond donors (Lipinski definition) is 0. The standard InChI is InChI=1S/C29H45NO5Si/c1-10-19-33-26(31)21-23-22-16-13-14-18-24(22)30(27(32)35-28(2,3)4)25(23)17-12-11-15-20-34-36(8,9)29(5,6)7/h12-14,16-18H,10-11,15,19-21H2,1-9H3/b17-12-. The van der Waals surface area contributed by atoms with Gasteiger partial charge in [0.25, 0.3) is 0 Å². The first-order chi connectivity index (χ1) is 16.7. The number of allylic oxidation sites excluding steroid dienone is 1. The quantitative estimate of drug-likeness (QED) is 0.184. The maximum absolute atomic E-state index is 13.3. The molecule has 0 saturated heterocycles. The number of esters is 1. The molecule has 0 amide bonds. The van der Waals surface area contributed by atoms with Crippen LogP contribution in [0.1, 0.15) is 79.0 Å². The number of carbonyl (C=O) groups is 2. The first-order valence-electron chi connectivity index (χ1n) is 13.0. The highest BCUT2D eigenvalue weighted by molar-refractivity contribution is 6.74. The van der Waals surface area contributed by atoms with Crippen LogP contribution in [0, 0.1) is 0 Å². The van der Waals surface area contributed by atoms with E-state index in [1.165, 1.54) is 0 Å². The van der Waals surface area contributed by atoms with Crippen molar-refractivity contribution in [3.63, 3.8) is 0 Å². The third-order valence-electron chi connectivity index (χ3n) is 6.44. The zero-order valence-electron chi connectivity index (χ0n) is 23.7. The Bertz CT molecular complexity index is 1070. The molecule has 1 aromatic carbocycles. The first-order valence-corrected chi connectivity index (χ1v) is 15.9. The lowest BCUT2D eigenvalue weighted by molar-refractivity contribution is -0.142. The maximum atomic E-state index is 13.3. The number of nitrogens with zero attached hydrogens (tertiary/aromatic N) is 1. The van der Waals surface area contributed by atoms with Gasteiger partial charge in [-0.2, -0.15) is 0 Å². The molecule has 0 N–H and O–H groups in total. The minimum Gasteiger partial charge on any atom is -0.465 e. The van der Waals surface area contributed by atoms with Gasteiger partial charge in [-0.25, -0.2) is 9.36 Å². The number of fused-ring (bicyclic) bond motifs is 1. The molecular weight excluding hydrogens is 470 g/mol. The Hall–Kier alpha value is -2.38. The van der Waals surface area contributed by atoms with E-state index in [2.05, 4.69) is 33.9 Å². The van der Waals surface area contributed by atoms with E-state index in [1.54, 1.807) is 4.57 Å². The highest BCUT2D eigenvalue weighted by Gasteiger charge is 2.36. The van der Waals surface area contributed by atoms with E-state index in [0.29, 0.717) is 24.4 Å². The number of hydrogen-bond acceptors (Lipinski definition) is 5. The molecule has 0 aliphatic rings. The third kappa shape index (κ3) is 8.07. The van der Waals surface area contributed by atoms with Crippen LogP contribution in [0.25, 0.3) is 17.0 Å². The number of ether oxygens (including phenoxy) is 2. The molecule has 1 aromatic heterocycles.